The minimum Gasteiger partial charge on any atom is -0.356 e. The van der Waals surface area contributed by atoms with Crippen LogP contribution in [0, 0.1) is 11.7 Å². The van der Waals surface area contributed by atoms with Crippen LogP contribution in [-0.4, -0.2) is 12.5 Å². The van der Waals surface area contributed by atoms with Gasteiger partial charge in [0.2, 0.25) is 5.91 Å². The van der Waals surface area contributed by atoms with Crippen LogP contribution in [0.3, 0.4) is 0 Å². The molecule has 94 valence electrons. The van der Waals surface area contributed by atoms with Crippen LogP contribution in [0.25, 0.3) is 0 Å². The van der Waals surface area contributed by atoms with E-state index in [1.54, 1.807) is 18.2 Å². The van der Waals surface area contributed by atoms with Gasteiger partial charge in [0.25, 0.3) is 0 Å². The molecular formula is C14H20FNO. The maximum absolute atomic E-state index is 13.3. The minimum atomic E-state index is -0.205. The van der Waals surface area contributed by atoms with Crippen molar-refractivity contribution in [2.45, 2.75) is 33.1 Å². The van der Waals surface area contributed by atoms with E-state index in [1.807, 2.05) is 0 Å². The number of nitrogens with one attached hydrogen (secondary N) is 1. The number of carbonyl (C=O) groups excluding carboxylic acids is 1. The maximum atomic E-state index is 13.3. The Balaban J connectivity index is 2.24. The highest BCUT2D eigenvalue weighted by atomic mass is 19.1. The van der Waals surface area contributed by atoms with Crippen molar-refractivity contribution in [1.29, 1.82) is 0 Å². The molecule has 0 saturated carbocycles. The first-order chi connectivity index (χ1) is 8.09. The van der Waals surface area contributed by atoms with Crippen LogP contribution >= 0.6 is 0 Å². The lowest BCUT2D eigenvalue weighted by atomic mass is 10.1. The average Bonchev–Trinajstić information content (AvgIpc) is 2.29. The molecule has 0 spiro atoms. The van der Waals surface area contributed by atoms with E-state index >= 15 is 0 Å². The van der Waals surface area contributed by atoms with Crippen LogP contribution < -0.4 is 5.32 Å². The molecule has 0 bridgehead atoms. The van der Waals surface area contributed by atoms with E-state index in [-0.39, 0.29) is 11.7 Å². The molecule has 0 fully saturated rings. The van der Waals surface area contributed by atoms with Gasteiger partial charge in [-0.25, -0.2) is 4.39 Å². The molecule has 0 aliphatic carbocycles. The van der Waals surface area contributed by atoms with Crippen LogP contribution in [0.15, 0.2) is 24.3 Å². The molecule has 0 aliphatic heterocycles. The highest BCUT2D eigenvalue weighted by Gasteiger charge is 2.04. The van der Waals surface area contributed by atoms with Crippen molar-refractivity contribution in [3.05, 3.63) is 35.6 Å². The smallest absolute Gasteiger partial charge is 0.220 e. The van der Waals surface area contributed by atoms with Crippen molar-refractivity contribution < 1.29 is 9.18 Å². The molecule has 0 unspecified atom stereocenters. The van der Waals surface area contributed by atoms with E-state index in [9.17, 15) is 9.18 Å². The molecule has 0 atom stereocenters. The van der Waals surface area contributed by atoms with Crippen LogP contribution in [-0.2, 0) is 11.2 Å². The zero-order valence-corrected chi connectivity index (χ0v) is 10.5. The first-order valence-corrected chi connectivity index (χ1v) is 6.09. The molecule has 2 nitrogen and oxygen atoms in total. The van der Waals surface area contributed by atoms with E-state index in [0.29, 0.717) is 30.9 Å². The Bertz CT molecular complexity index is 363. The maximum Gasteiger partial charge on any atom is 0.220 e. The van der Waals surface area contributed by atoms with Crippen molar-refractivity contribution in [3.8, 4) is 0 Å². The van der Waals surface area contributed by atoms with Gasteiger partial charge in [-0.15, -0.1) is 0 Å². The Kier molecular flexibility index (Phi) is 5.67. The Morgan fingerprint density at radius 3 is 2.71 bits per heavy atom. The molecule has 3 heteroatoms. The summed E-state index contributed by atoms with van der Waals surface area (Å²) in [4.78, 5) is 11.4. The van der Waals surface area contributed by atoms with Crippen molar-refractivity contribution in [2.24, 2.45) is 5.92 Å². The standard InChI is InChI=1S/C14H20FNO/c1-11(2)7-8-14(17)16-10-9-12-5-3-4-6-13(12)15/h3-6,11H,7-10H2,1-2H3,(H,16,17). The van der Waals surface area contributed by atoms with E-state index in [0.717, 1.165) is 6.42 Å². The normalized spacial score (nSPS) is 10.6. The molecule has 1 amide bonds. The van der Waals surface area contributed by atoms with Crippen molar-refractivity contribution >= 4 is 5.91 Å². The highest BCUT2D eigenvalue weighted by Crippen LogP contribution is 2.06. The van der Waals surface area contributed by atoms with Gasteiger partial charge in [-0.1, -0.05) is 32.0 Å². The fourth-order valence-electron chi connectivity index (χ4n) is 1.55. The van der Waals surface area contributed by atoms with Gasteiger partial charge in [0.15, 0.2) is 0 Å². The monoisotopic (exact) mass is 237 g/mol. The second kappa shape index (κ2) is 7.05. The molecule has 17 heavy (non-hydrogen) atoms. The molecular weight excluding hydrogens is 217 g/mol. The van der Waals surface area contributed by atoms with Crippen LogP contribution in [0.5, 0.6) is 0 Å². The summed E-state index contributed by atoms with van der Waals surface area (Å²) in [6.45, 7) is 4.68. The molecule has 1 rings (SSSR count). The van der Waals surface area contributed by atoms with Gasteiger partial charge in [0.05, 0.1) is 0 Å². The predicted molar refractivity (Wildman–Crippen MR) is 67.2 cm³/mol. The Labute approximate surface area is 102 Å². The number of carbonyl (C=O) groups is 1. The Hall–Kier alpha value is -1.38. The van der Waals surface area contributed by atoms with Gasteiger partial charge in [-0.3, -0.25) is 4.79 Å². The summed E-state index contributed by atoms with van der Waals surface area (Å²) in [6.07, 6.45) is 1.99. The number of amides is 1. The van der Waals surface area contributed by atoms with E-state index < -0.39 is 0 Å². The molecule has 1 aromatic carbocycles. The van der Waals surface area contributed by atoms with Gasteiger partial charge >= 0.3 is 0 Å². The number of rotatable bonds is 6. The third-order valence-electron chi connectivity index (χ3n) is 2.62. The first-order valence-electron chi connectivity index (χ1n) is 6.09. The molecule has 0 aliphatic rings. The Morgan fingerprint density at radius 2 is 2.06 bits per heavy atom. The third-order valence-corrected chi connectivity index (χ3v) is 2.62. The quantitative estimate of drug-likeness (QED) is 0.809. The first kappa shape index (κ1) is 13.7. The van der Waals surface area contributed by atoms with Crippen molar-refractivity contribution in [2.75, 3.05) is 6.54 Å². The van der Waals surface area contributed by atoms with Gasteiger partial charge in [-0.05, 0) is 30.4 Å². The van der Waals surface area contributed by atoms with Crippen LogP contribution in [0.1, 0.15) is 32.3 Å². The summed E-state index contributed by atoms with van der Waals surface area (Å²) >= 11 is 0. The van der Waals surface area contributed by atoms with Crippen molar-refractivity contribution in [3.63, 3.8) is 0 Å². The zero-order valence-electron chi connectivity index (χ0n) is 10.5. The molecule has 1 aromatic rings. The SMILES string of the molecule is CC(C)CCC(=O)NCCc1ccccc1F. The third kappa shape index (κ3) is 5.48. The van der Waals surface area contributed by atoms with Gasteiger partial charge in [-0.2, -0.15) is 0 Å². The second-order valence-electron chi connectivity index (χ2n) is 4.62. The number of hydrogen-bond acceptors (Lipinski definition) is 1. The summed E-state index contributed by atoms with van der Waals surface area (Å²) < 4.78 is 13.3. The lowest BCUT2D eigenvalue weighted by Gasteiger charge is -2.07. The summed E-state index contributed by atoms with van der Waals surface area (Å²) in [5.41, 5.74) is 0.650. The van der Waals surface area contributed by atoms with E-state index in [4.69, 9.17) is 0 Å². The average molecular weight is 237 g/mol. The Morgan fingerprint density at radius 1 is 1.35 bits per heavy atom. The van der Waals surface area contributed by atoms with Crippen LogP contribution in [0.2, 0.25) is 0 Å². The van der Waals surface area contributed by atoms with Gasteiger partial charge in [0, 0.05) is 13.0 Å². The second-order valence-corrected chi connectivity index (χ2v) is 4.62. The fraction of sp³-hybridized carbons (Fsp3) is 0.500. The highest BCUT2D eigenvalue weighted by molar-refractivity contribution is 5.75. The molecule has 0 saturated heterocycles. The van der Waals surface area contributed by atoms with Gasteiger partial charge in [0.1, 0.15) is 5.82 Å². The van der Waals surface area contributed by atoms with Gasteiger partial charge < -0.3 is 5.32 Å². The fourth-order valence-corrected chi connectivity index (χ4v) is 1.55. The van der Waals surface area contributed by atoms with Crippen LogP contribution in [0.4, 0.5) is 4.39 Å². The molecule has 1 N–H and O–H groups in total. The minimum absolute atomic E-state index is 0.0510. The van der Waals surface area contributed by atoms with E-state index in [1.165, 1.54) is 6.07 Å². The number of halogens is 1. The summed E-state index contributed by atoms with van der Waals surface area (Å²) in [7, 11) is 0. The molecule has 0 radical (unpaired) electrons. The zero-order chi connectivity index (χ0) is 12.7. The van der Waals surface area contributed by atoms with E-state index in [2.05, 4.69) is 19.2 Å². The lowest BCUT2D eigenvalue weighted by Crippen LogP contribution is -2.25. The number of benzene rings is 1. The predicted octanol–water partition coefficient (Wildman–Crippen LogP) is 2.92. The molecule has 0 heterocycles. The topological polar surface area (TPSA) is 29.1 Å². The number of hydrogen-bond donors (Lipinski definition) is 1. The molecule has 0 aromatic heterocycles. The summed E-state index contributed by atoms with van der Waals surface area (Å²) in [5.74, 6) is 0.381. The summed E-state index contributed by atoms with van der Waals surface area (Å²) in [6, 6.07) is 6.66. The largest absolute Gasteiger partial charge is 0.356 e. The lowest BCUT2D eigenvalue weighted by molar-refractivity contribution is -0.121. The van der Waals surface area contributed by atoms with Crippen molar-refractivity contribution in [1.82, 2.24) is 5.32 Å². The summed E-state index contributed by atoms with van der Waals surface area (Å²) in [5, 5.41) is 2.81.